The molecule has 2 aromatic carbocycles. The van der Waals surface area contributed by atoms with Crippen LogP contribution in [0.2, 0.25) is 5.02 Å². The van der Waals surface area contributed by atoms with Gasteiger partial charge in [0, 0.05) is 43.7 Å². The van der Waals surface area contributed by atoms with Crippen LogP contribution in [0.1, 0.15) is 67.9 Å². The van der Waals surface area contributed by atoms with Crippen LogP contribution in [-0.4, -0.2) is 53.3 Å². The average Bonchev–Trinajstić information content (AvgIpc) is 3.09. The van der Waals surface area contributed by atoms with E-state index in [9.17, 15) is 13.8 Å². The van der Waals surface area contributed by atoms with Crippen molar-refractivity contribution >= 4 is 46.0 Å². The summed E-state index contributed by atoms with van der Waals surface area (Å²) in [6.45, 7) is 7.32. The maximum Gasteiger partial charge on any atom is 0.410 e. The average molecular weight is 546 g/mol. The quantitative estimate of drug-likeness (QED) is 0.288. The number of ether oxygens (including phenoxy) is 1. The lowest BCUT2D eigenvalue weighted by Crippen LogP contribution is -2.38. The number of unbranched alkanes of at least 4 members (excludes halogenated alkanes) is 1. The van der Waals surface area contributed by atoms with E-state index in [2.05, 4.69) is 0 Å². The van der Waals surface area contributed by atoms with Crippen LogP contribution >= 0.6 is 11.6 Å². The molecule has 4 rings (SSSR count). The fraction of sp³-hybridized carbons (Fsp3) is 0.500. The molecule has 200 valence electrons. The number of benzene rings is 2. The molecule has 1 unspecified atom stereocenters. The Morgan fingerprint density at radius 3 is 2.62 bits per heavy atom. The van der Waals surface area contributed by atoms with Gasteiger partial charge < -0.3 is 9.64 Å². The van der Waals surface area contributed by atoms with Gasteiger partial charge in [0.2, 0.25) is 11.2 Å². The van der Waals surface area contributed by atoms with Gasteiger partial charge in [-0.3, -0.25) is 13.4 Å². The van der Waals surface area contributed by atoms with Crippen molar-refractivity contribution in [1.29, 1.82) is 0 Å². The van der Waals surface area contributed by atoms with E-state index in [0.29, 0.717) is 49.4 Å². The van der Waals surface area contributed by atoms with Gasteiger partial charge in [0.15, 0.2) is 5.78 Å². The number of carbonyl (C=O) groups excluding carboxylic acids is 2. The molecule has 7 nitrogen and oxygen atoms in total. The van der Waals surface area contributed by atoms with Crippen molar-refractivity contribution in [3.63, 3.8) is 0 Å². The van der Waals surface area contributed by atoms with Gasteiger partial charge in [0.05, 0.1) is 11.4 Å². The highest BCUT2D eigenvalue weighted by molar-refractivity contribution is 7.88. The molecular weight excluding hydrogens is 510 g/mol. The summed E-state index contributed by atoms with van der Waals surface area (Å²) in [4.78, 5) is 27.6. The third kappa shape index (κ3) is 6.47. The minimum atomic E-state index is -1.23. The summed E-state index contributed by atoms with van der Waals surface area (Å²) >= 11 is 5.08. The molecule has 0 bridgehead atoms. The van der Waals surface area contributed by atoms with Gasteiger partial charge in [0.25, 0.3) is 0 Å². The molecule has 0 aliphatic carbocycles. The Labute approximate surface area is 227 Å². The van der Waals surface area contributed by atoms with E-state index in [1.807, 2.05) is 68.5 Å². The molecule has 2 aliphatic rings. The number of Topliss-reactive ketones (excluding diaryl/α,β-unsaturated/α-hetero) is 1. The zero-order valence-electron chi connectivity index (χ0n) is 22.1. The van der Waals surface area contributed by atoms with Crippen LogP contribution in [0, 0.1) is 0 Å². The molecule has 2 heterocycles. The number of rotatable bonds is 9. The van der Waals surface area contributed by atoms with Gasteiger partial charge in [-0.05, 0) is 82.2 Å². The highest BCUT2D eigenvalue weighted by atomic mass is 35.5. The number of nitrogens with zero attached hydrogens (tertiary/aromatic N) is 3. The predicted octanol–water partition coefficient (Wildman–Crippen LogP) is 5.95. The van der Waals surface area contributed by atoms with Gasteiger partial charge in [-0.15, -0.1) is 0 Å². The van der Waals surface area contributed by atoms with E-state index in [-0.39, 0.29) is 11.9 Å². The van der Waals surface area contributed by atoms with E-state index in [0.717, 1.165) is 41.9 Å². The van der Waals surface area contributed by atoms with Crippen molar-refractivity contribution in [3.8, 4) is 0 Å². The Morgan fingerprint density at radius 1 is 1.14 bits per heavy atom. The topological polar surface area (TPSA) is 70.2 Å². The van der Waals surface area contributed by atoms with Crippen molar-refractivity contribution < 1.29 is 18.5 Å². The van der Waals surface area contributed by atoms with Gasteiger partial charge in [0.1, 0.15) is 5.60 Å². The molecule has 9 heteroatoms. The van der Waals surface area contributed by atoms with Crippen molar-refractivity contribution in [2.45, 2.75) is 64.9 Å². The van der Waals surface area contributed by atoms with Crippen LogP contribution in [0.3, 0.4) is 0 Å². The number of anilines is 2. The summed E-state index contributed by atoms with van der Waals surface area (Å²) in [5.41, 5.74) is 4.04. The smallest absolute Gasteiger partial charge is 0.410 e. The lowest BCUT2D eigenvalue weighted by atomic mass is 9.96. The number of carbonyl (C=O) groups is 2. The predicted molar refractivity (Wildman–Crippen MR) is 150 cm³/mol. The number of hydrogen-bond donors (Lipinski definition) is 0. The Balaban J connectivity index is 1.36. The third-order valence-corrected chi connectivity index (χ3v) is 8.43. The summed E-state index contributed by atoms with van der Waals surface area (Å²) in [6, 6.07) is 11.5. The monoisotopic (exact) mass is 545 g/mol. The number of amides is 1. The fourth-order valence-corrected chi connectivity index (χ4v) is 6.27. The molecule has 0 aromatic heterocycles. The maximum absolute atomic E-state index is 13.1. The highest BCUT2D eigenvalue weighted by Crippen LogP contribution is 2.44. The van der Waals surface area contributed by atoms with Gasteiger partial charge in [-0.25, -0.2) is 9.00 Å². The molecule has 0 saturated carbocycles. The largest absolute Gasteiger partial charge is 0.444 e. The van der Waals surface area contributed by atoms with E-state index in [4.69, 9.17) is 16.3 Å². The summed E-state index contributed by atoms with van der Waals surface area (Å²) in [7, 11) is 1.81. The first-order valence-corrected chi connectivity index (χ1v) is 14.3. The van der Waals surface area contributed by atoms with E-state index in [1.54, 1.807) is 9.21 Å². The SMILES string of the molecule is CN1c2cc(C(=O)CCCCN(CCc3ccccc3Cl)C(=O)OC(C)(C)C)cc3c2N(CCC3)S1=O. The number of halogens is 1. The molecule has 0 radical (unpaired) electrons. The molecule has 0 saturated heterocycles. The summed E-state index contributed by atoms with van der Waals surface area (Å²) in [6.07, 6.45) is 3.82. The highest BCUT2D eigenvalue weighted by Gasteiger charge is 2.36. The van der Waals surface area contributed by atoms with Crippen molar-refractivity contribution in [1.82, 2.24) is 4.90 Å². The lowest BCUT2D eigenvalue weighted by Gasteiger charge is -2.27. The van der Waals surface area contributed by atoms with Crippen LogP contribution in [0.4, 0.5) is 16.2 Å². The lowest BCUT2D eigenvalue weighted by molar-refractivity contribution is 0.0249. The minimum Gasteiger partial charge on any atom is -0.444 e. The van der Waals surface area contributed by atoms with E-state index < -0.39 is 16.8 Å². The molecule has 1 atom stereocenters. The van der Waals surface area contributed by atoms with Crippen molar-refractivity contribution in [2.75, 3.05) is 35.3 Å². The second-order valence-corrected chi connectivity index (χ2v) is 12.5. The van der Waals surface area contributed by atoms with Crippen LogP contribution in [0.15, 0.2) is 36.4 Å². The van der Waals surface area contributed by atoms with Crippen molar-refractivity contribution in [3.05, 3.63) is 58.1 Å². The minimum absolute atomic E-state index is 0.0714. The second kappa shape index (κ2) is 11.4. The molecule has 37 heavy (non-hydrogen) atoms. The third-order valence-electron chi connectivity index (χ3n) is 6.65. The van der Waals surface area contributed by atoms with Crippen LogP contribution < -0.4 is 8.61 Å². The molecular formula is C28H36ClN3O4S. The number of aryl methyl sites for hydroxylation is 1. The zero-order chi connectivity index (χ0) is 26.7. The molecule has 0 fully saturated rings. The van der Waals surface area contributed by atoms with Crippen LogP contribution in [0.5, 0.6) is 0 Å². The van der Waals surface area contributed by atoms with E-state index >= 15 is 0 Å². The molecule has 0 N–H and O–H groups in total. The Morgan fingerprint density at radius 2 is 1.89 bits per heavy atom. The van der Waals surface area contributed by atoms with Gasteiger partial charge in [-0.1, -0.05) is 29.8 Å². The molecule has 1 amide bonds. The normalized spacial score (nSPS) is 16.5. The van der Waals surface area contributed by atoms with Gasteiger partial charge >= 0.3 is 6.09 Å². The van der Waals surface area contributed by atoms with Crippen LogP contribution in [0.25, 0.3) is 0 Å². The molecule has 2 aliphatic heterocycles. The summed E-state index contributed by atoms with van der Waals surface area (Å²) < 4.78 is 22.0. The number of ketones is 1. The Hall–Kier alpha value is -2.58. The first kappa shape index (κ1) is 27.5. The summed E-state index contributed by atoms with van der Waals surface area (Å²) in [5, 5.41) is 0.684. The van der Waals surface area contributed by atoms with Crippen LogP contribution in [-0.2, 0) is 28.8 Å². The fourth-order valence-electron chi connectivity index (χ4n) is 4.78. The Kier molecular flexibility index (Phi) is 8.49. The second-order valence-electron chi connectivity index (χ2n) is 10.6. The Bertz CT molecular complexity index is 1200. The summed E-state index contributed by atoms with van der Waals surface area (Å²) in [5.74, 6) is 0.0714. The standard InChI is InChI=1S/C28H36ClN3O4S/c1-28(2,3)36-27(34)31(17-14-20-10-5-6-12-23(20)29)15-8-7-13-25(33)22-18-21-11-9-16-32-26(21)24(19-22)30(4)37(32)35/h5-6,10,12,18-19H,7-9,11,13-17H2,1-4H3. The molecule has 2 aromatic rings. The van der Waals surface area contributed by atoms with Crippen molar-refractivity contribution in [2.24, 2.45) is 0 Å². The zero-order valence-corrected chi connectivity index (χ0v) is 23.7. The number of hydrogen-bond acceptors (Lipinski definition) is 4. The first-order chi connectivity index (χ1) is 17.5. The first-order valence-electron chi connectivity index (χ1n) is 12.9. The van der Waals surface area contributed by atoms with E-state index in [1.165, 1.54) is 0 Å². The maximum atomic E-state index is 13.1. The molecule has 0 spiro atoms. The van der Waals surface area contributed by atoms with Gasteiger partial charge in [-0.2, -0.15) is 0 Å².